The van der Waals surface area contributed by atoms with Crippen molar-refractivity contribution in [3.8, 4) is 0 Å². The zero-order valence-electron chi connectivity index (χ0n) is 13.4. The first-order valence-electron chi connectivity index (χ1n) is 8.36. The summed E-state index contributed by atoms with van der Waals surface area (Å²) in [6.07, 6.45) is 4.09. The fourth-order valence-electron chi connectivity index (χ4n) is 3.18. The van der Waals surface area contributed by atoms with E-state index in [1.807, 2.05) is 11.3 Å². The van der Waals surface area contributed by atoms with Gasteiger partial charge in [-0.15, -0.1) is 11.3 Å². The molecule has 0 bridgehead atoms. The third-order valence-electron chi connectivity index (χ3n) is 4.49. The van der Waals surface area contributed by atoms with Crippen LogP contribution in [0.15, 0.2) is 41.8 Å². The molecule has 1 aromatic carbocycles. The number of nitrogens with one attached hydrogen (secondary N) is 1. The van der Waals surface area contributed by atoms with Crippen LogP contribution in [-0.4, -0.2) is 24.5 Å². The summed E-state index contributed by atoms with van der Waals surface area (Å²) in [6.45, 7) is 6.62. The summed E-state index contributed by atoms with van der Waals surface area (Å²) < 4.78 is 0. The molecule has 1 atom stereocenters. The largest absolute Gasteiger partial charge is 0.311 e. The highest BCUT2D eigenvalue weighted by atomic mass is 32.1. The number of hydrogen-bond acceptors (Lipinski definition) is 3. The highest BCUT2D eigenvalue weighted by molar-refractivity contribution is 7.10. The van der Waals surface area contributed by atoms with E-state index in [1.54, 1.807) is 0 Å². The van der Waals surface area contributed by atoms with Crippen LogP contribution in [0, 0.1) is 6.92 Å². The molecule has 0 radical (unpaired) electrons. The lowest BCUT2D eigenvalue weighted by Crippen LogP contribution is -2.38. The normalized spacial score (nSPS) is 17.5. The van der Waals surface area contributed by atoms with Crippen molar-refractivity contribution in [1.29, 1.82) is 0 Å². The molecule has 1 saturated heterocycles. The highest BCUT2D eigenvalue weighted by Crippen LogP contribution is 2.27. The lowest BCUT2D eigenvalue weighted by atomic mass is 10.1. The first-order chi connectivity index (χ1) is 10.8. The minimum Gasteiger partial charge on any atom is -0.311 e. The maximum Gasteiger partial charge on any atom is 0.0566 e. The third kappa shape index (κ3) is 4.19. The van der Waals surface area contributed by atoms with Crippen molar-refractivity contribution < 1.29 is 0 Å². The number of piperidine rings is 1. The average Bonchev–Trinajstić information content (AvgIpc) is 3.08. The standard InChI is InChI=1S/C19H26N2S/c1-16-7-9-17(10-8-16)14-20-15-18(19-6-5-13-22-19)21-11-3-2-4-12-21/h5-10,13,18,20H,2-4,11-12,14-15H2,1H3. The number of nitrogens with zero attached hydrogens (tertiary/aromatic N) is 1. The molecule has 2 aromatic rings. The molecule has 1 unspecified atom stereocenters. The lowest BCUT2D eigenvalue weighted by Gasteiger charge is -2.34. The average molecular weight is 314 g/mol. The van der Waals surface area contributed by atoms with Gasteiger partial charge in [0, 0.05) is 18.0 Å². The molecule has 1 fully saturated rings. The van der Waals surface area contributed by atoms with Gasteiger partial charge in [-0.2, -0.15) is 0 Å². The van der Waals surface area contributed by atoms with Crippen LogP contribution in [0.4, 0.5) is 0 Å². The van der Waals surface area contributed by atoms with Crippen molar-refractivity contribution in [1.82, 2.24) is 10.2 Å². The second-order valence-electron chi connectivity index (χ2n) is 6.24. The number of benzene rings is 1. The van der Waals surface area contributed by atoms with Crippen LogP contribution in [0.1, 0.15) is 41.3 Å². The Kier molecular flexibility index (Phi) is 5.65. The molecule has 2 heterocycles. The van der Waals surface area contributed by atoms with E-state index in [2.05, 4.69) is 58.9 Å². The predicted octanol–water partition coefficient (Wildman–Crippen LogP) is 4.37. The molecular formula is C19H26N2S. The van der Waals surface area contributed by atoms with Gasteiger partial charge >= 0.3 is 0 Å². The second kappa shape index (κ2) is 7.91. The zero-order valence-corrected chi connectivity index (χ0v) is 14.2. The minimum atomic E-state index is 0.533. The van der Waals surface area contributed by atoms with Gasteiger partial charge in [-0.1, -0.05) is 42.3 Å². The van der Waals surface area contributed by atoms with Gasteiger partial charge in [-0.25, -0.2) is 0 Å². The quantitative estimate of drug-likeness (QED) is 0.851. The summed E-state index contributed by atoms with van der Waals surface area (Å²) in [5.74, 6) is 0. The minimum absolute atomic E-state index is 0.533. The van der Waals surface area contributed by atoms with Crippen molar-refractivity contribution in [3.05, 3.63) is 57.8 Å². The highest BCUT2D eigenvalue weighted by Gasteiger charge is 2.22. The van der Waals surface area contributed by atoms with Crippen molar-refractivity contribution in [2.75, 3.05) is 19.6 Å². The van der Waals surface area contributed by atoms with Gasteiger partial charge in [0.2, 0.25) is 0 Å². The van der Waals surface area contributed by atoms with Crippen LogP contribution in [-0.2, 0) is 6.54 Å². The zero-order chi connectivity index (χ0) is 15.2. The lowest BCUT2D eigenvalue weighted by molar-refractivity contribution is 0.162. The van der Waals surface area contributed by atoms with Crippen molar-refractivity contribution in [2.45, 2.75) is 38.8 Å². The molecule has 1 N–H and O–H groups in total. The number of thiophene rings is 1. The molecule has 0 spiro atoms. The van der Waals surface area contributed by atoms with E-state index >= 15 is 0 Å². The molecule has 3 heteroatoms. The molecule has 1 aliphatic heterocycles. The van der Waals surface area contributed by atoms with Crippen LogP contribution >= 0.6 is 11.3 Å². The van der Waals surface area contributed by atoms with Gasteiger partial charge in [0.15, 0.2) is 0 Å². The number of hydrogen-bond donors (Lipinski definition) is 1. The maximum atomic E-state index is 3.67. The fraction of sp³-hybridized carbons (Fsp3) is 0.474. The molecule has 1 aromatic heterocycles. The number of aryl methyl sites for hydroxylation is 1. The SMILES string of the molecule is Cc1ccc(CNCC(c2cccs2)N2CCCCC2)cc1. The van der Waals surface area contributed by atoms with E-state index in [9.17, 15) is 0 Å². The van der Waals surface area contributed by atoms with Crippen LogP contribution in [0.25, 0.3) is 0 Å². The van der Waals surface area contributed by atoms with Gasteiger partial charge in [0.05, 0.1) is 6.04 Å². The van der Waals surface area contributed by atoms with Gasteiger partial charge in [-0.05, 0) is 49.9 Å². The van der Waals surface area contributed by atoms with E-state index in [0.29, 0.717) is 6.04 Å². The molecule has 1 aliphatic rings. The Bertz CT molecular complexity index is 541. The molecule has 0 saturated carbocycles. The molecule has 0 amide bonds. The molecule has 118 valence electrons. The first kappa shape index (κ1) is 15.7. The molecular weight excluding hydrogens is 288 g/mol. The van der Waals surface area contributed by atoms with Crippen molar-refractivity contribution >= 4 is 11.3 Å². The van der Waals surface area contributed by atoms with Crippen LogP contribution in [0.2, 0.25) is 0 Å². The second-order valence-corrected chi connectivity index (χ2v) is 7.22. The molecule has 0 aliphatic carbocycles. The Morgan fingerprint density at radius 2 is 1.86 bits per heavy atom. The van der Waals surface area contributed by atoms with E-state index < -0.39 is 0 Å². The van der Waals surface area contributed by atoms with Gasteiger partial charge in [0.25, 0.3) is 0 Å². The van der Waals surface area contributed by atoms with Crippen LogP contribution in [0.5, 0.6) is 0 Å². The Hall–Kier alpha value is -1.16. The topological polar surface area (TPSA) is 15.3 Å². The molecule has 2 nitrogen and oxygen atoms in total. The molecule has 22 heavy (non-hydrogen) atoms. The van der Waals surface area contributed by atoms with E-state index in [0.717, 1.165) is 13.1 Å². The Morgan fingerprint density at radius 1 is 1.09 bits per heavy atom. The van der Waals surface area contributed by atoms with Gasteiger partial charge in [0.1, 0.15) is 0 Å². The first-order valence-corrected chi connectivity index (χ1v) is 9.24. The van der Waals surface area contributed by atoms with Gasteiger partial charge < -0.3 is 5.32 Å². The summed E-state index contributed by atoms with van der Waals surface area (Å²) in [5, 5.41) is 5.87. The summed E-state index contributed by atoms with van der Waals surface area (Å²) in [6, 6.07) is 13.8. The van der Waals surface area contributed by atoms with Crippen molar-refractivity contribution in [3.63, 3.8) is 0 Å². The Morgan fingerprint density at radius 3 is 2.55 bits per heavy atom. The summed E-state index contributed by atoms with van der Waals surface area (Å²) in [4.78, 5) is 4.16. The fourth-order valence-corrected chi connectivity index (χ4v) is 4.04. The summed E-state index contributed by atoms with van der Waals surface area (Å²) >= 11 is 1.89. The number of rotatable bonds is 6. The van der Waals surface area contributed by atoms with Gasteiger partial charge in [-0.3, -0.25) is 4.90 Å². The Balaban J connectivity index is 1.59. The predicted molar refractivity (Wildman–Crippen MR) is 95.4 cm³/mol. The van der Waals surface area contributed by atoms with E-state index in [-0.39, 0.29) is 0 Å². The van der Waals surface area contributed by atoms with Crippen molar-refractivity contribution in [2.24, 2.45) is 0 Å². The maximum absolute atomic E-state index is 3.67. The summed E-state index contributed by atoms with van der Waals surface area (Å²) in [7, 11) is 0. The number of likely N-dealkylation sites (tertiary alicyclic amines) is 1. The van der Waals surface area contributed by atoms with Crippen LogP contribution < -0.4 is 5.32 Å². The molecule has 3 rings (SSSR count). The van der Waals surface area contributed by atoms with E-state index in [4.69, 9.17) is 0 Å². The monoisotopic (exact) mass is 314 g/mol. The summed E-state index contributed by atoms with van der Waals surface area (Å²) in [5.41, 5.74) is 2.70. The smallest absolute Gasteiger partial charge is 0.0566 e. The third-order valence-corrected chi connectivity index (χ3v) is 5.46. The Labute approximate surface area is 138 Å². The van der Waals surface area contributed by atoms with E-state index in [1.165, 1.54) is 48.4 Å². The van der Waals surface area contributed by atoms with Crippen LogP contribution in [0.3, 0.4) is 0 Å².